The summed E-state index contributed by atoms with van der Waals surface area (Å²) in [6, 6.07) is 5.08. The molecular weight excluding hydrogens is 266 g/mol. The Labute approximate surface area is 116 Å². The van der Waals surface area contributed by atoms with E-state index >= 15 is 0 Å². The first-order valence-corrected chi connectivity index (χ1v) is 6.04. The predicted molar refractivity (Wildman–Crippen MR) is 73.9 cm³/mol. The maximum atomic E-state index is 12.1. The van der Waals surface area contributed by atoms with Gasteiger partial charge in [-0.25, -0.2) is 0 Å². The van der Waals surface area contributed by atoms with Crippen molar-refractivity contribution in [2.75, 3.05) is 12.4 Å². The number of amides is 1. The number of hydrogen-bond donors (Lipinski definition) is 1. The zero-order valence-electron chi connectivity index (χ0n) is 10.9. The molecule has 0 atom stereocenters. The van der Waals surface area contributed by atoms with Crippen molar-refractivity contribution in [1.29, 1.82) is 0 Å². The Morgan fingerprint density at radius 1 is 1.47 bits per heavy atom. The summed E-state index contributed by atoms with van der Waals surface area (Å²) in [5, 5.41) is 7.35. The lowest BCUT2D eigenvalue weighted by Gasteiger charge is -2.07. The van der Waals surface area contributed by atoms with Crippen molar-refractivity contribution in [3.63, 3.8) is 0 Å². The minimum absolute atomic E-state index is 0.216. The third-order valence-corrected chi connectivity index (χ3v) is 2.96. The molecule has 0 aliphatic rings. The summed E-state index contributed by atoms with van der Waals surface area (Å²) in [6.07, 6.45) is 1.68. The molecule has 5 nitrogen and oxygen atoms in total. The lowest BCUT2D eigenvalue weighted by molar-refractivity contribution is 0.102. The molecule has 0 saturated heterocycles. The van der Waals surface area contributed by atoms with E-state index in [4.69, 9.17) is 16.3 Å². The fourth-order valence-electron chi connectivity index (χ4n) is 1.77. The second-order valence-electron chi connectivity index (χ2n) is 4.11. The highest BCUT2D eigenvalue weighted by atomic mass is 35.5. The van der Waals surface area contributed by atoms with Crippen molar-refractivity contribution < 1.29 is 9.53 Å². The molecule has 6 heteroatoms. The van der Waals surface area contributed by atoms with E-state index in [2.05, 4.69) is 10.4 Å². The molecule has 0 fully saturated rings. The normalized spacial score (nSPS) is 10.3. The van der Waals surface area contributed by atoms with Crippen molar-refractivity contribution in [3.05, 3.63) is 40.7 Å². The quantitative estimate of drug-likeness (QED) is 0.940. The van der Waals surface area contributed by atoms with Crippen LogP contribution in [0.25, 0.3) is 0 Å². The number of nitrogens with one attached hydrogen (secondary N) is 1. The van der Waals surface area contributed by atoms with Gasteiger partial charge in [-0.2, -0.15) is 5.10 Å². The predicted octanol–water partition coefficient (Wildman–Crippen LogP) is 2.64. The number of aryl methyl sites for hydroxylation is 2. The van der Waals surface area contributed by atoms with E-state index in [0.29, 0.717) is 27.7 Å². The number of ether oxygens (including phenoxy) is 1. The molecule has 0 saturated carbocycles. The summed E-state index contributed by atoms with van der Waals surface area (Å²) in [6.45, 7) is 1.79. The van der Waals surface area contributed by atoms with Gasteiger partial charge >= 0.3 is 0 Å². The van der Waals surface area contributed by atoms with Crippen molar-refractivity contribution in [1.82, 2.24) is 9.78 Å². The molecule has 1 amide bonds. The van der Waals surface area contributed by atoms with E-state index in [1.165, 1.54) is 0 Å². The summed E-state index contributed by atoms with van der Waals surface area (Å²) < 4.78 is 6.66. The molecule has 0 radical (unpaired) electrons. The van der Waals surface area contributed by atoms with Crippen LogP contribution >= 0.6 is 11.6 Å². The van der Waals surface area contributed by atoms with Gasteiger partial charge in [0.25, 0.3) is 5.91 Å². The van der Waals surface area contributed by atoms with Crippen LogP contribution < -0.4 is 10.1 Å². The minimum atomic E-state index is -0.216. The van der Waals surface area contributed by atoms with E-state index in [9.17, 15) is 4.79 Å². The first-order valence-electron chi connectivity index (χ1n) is 5.66. The van der Waals surface area contributed by atoms with Gasteiger partial charge in [0.2, 0.25) is 0 Å². The zero-order chi connectivity index (χ0) is 14.0. The number of methoxy groups -OCH3 is 1. The minimum Gasteiger partial charge on any atom is -0.495 e. The number of aromatic nitrogens is 2. The fraction of sp³-hybridized carbons (Fsp3) is 0.231. The van der Waals surface area contributed by atoms with Gasteiger partial charge in [-0.1, -0.05) is 11.6 Å². The summed E-state index contributed by atoms with van der Waals surface area (Å²) in [7, 11) is 3.31. The van der Waals surface area contributed by atoms with Gasteiger partial charge in [-0.15, -0.1) is 0 Å². The average molecular weight is 280 g/mol. The fourth-order valence-corrected chi connectivity index (χ4v) is 2.02. The Morgan fingerprint density at radius 2 is 2.21 bits per heavy atom. The SMILES string of the molecule is COc1ccc(NC(=O)c2cn(C)nc2C)cc1Cl. The second-order valence-corrected chi connectivity index (χ2v) is 4.51. The van der Waals surface area contributed by atoms with Gasteiger partial charge < -0.3 is 10.1 Å². The molecule has 1 aromatic heterocycles. The third-order valence-electron chi connectivity index (χ3n) is 2.67. The first kappa shape index (κ1) is 13.4. The Kier molecular flexibility index (Phi) is 3.76. The van der Waals surface area contributed by atoms with E-state index in [-0.39, 0.29) is 5.91 Å². The lowest BCUT2D eigenvalue weighted by atomic mass is 10.2. The molecule has 0 spiro atoms. The molecule has 100 valence electrons. The van der Waals surface area contributed by atoms with Gasteiger partial charge in [0.15, 0.2) is 0 Å². The molecular formula is C13H14ClN3O2. The van der Waals surface area contributed by atoms with Crippen LogP contribution in [0, 0.1) is 6.92 Å². The van der Waals surface area contributed by atoms with Crippen LogP contribution in [0.4, 0.5) is 5.69 Å². The smallest absolute Gasteiger partial charge is 0.259 e. The number of rotatable bonds is 3. The van der Waals surface area contributed by atoms with E-state index in [0.717, 1.165) is 0 Å². The van der Waals surface area contributed by atoms with Crippen molar-refractivity contribution in [2.24, 2.45) is 7.05 Å². The summed E-state index contributed by atoms with van der Waals surface area (Å²) in [4.78, 5) is 12.1. The molecule has 1 heterocycles. The van der Waals surface area contributed by atoms with Gasteiger partial charge in [0, 0.05) is 18.9 Å². The van der Waals surface area contributed by atoms with E-state index in [1.807, 2.05) is 0 Å². The van der Waals surface area contributed by atoms with Crippen molar-refractivity contribution in [3.8, 4) is 5.75 Å². The molecule has 1 aromatic carbocycles. The van der Waals surface area contributed by atoms with E-state index in [1.54, 1.807) is 50.2 Å². The summed E-state index contributed by atoms with van der Waals surface area (Å²) >= 11 is 6.00. The maximum Gasteiger partial charge on any atom is 0.259 e. The Balaban J connectivity index is 2.19. The molecule has 0 aliphatic carbocycles. The molecule has 0 aliphatic heterocycles. The average Bonchev–Trinajstić information content (AvgIpc) is 2.69. The lowest BCUT2D eigenvalue weighted by Crippen LogP contribution is -2.12. The number of anilines is 1. The summed E-state index contributed by atoms with van der Waals surface area (Å²) in [5.41, 5.74) is 1.83. The second kappa shape index (κ2) is 5.32. The molecule has 2 rings (SSSR count). The van der Waals surface area contributed by atoms with Crippen LogP contribution in [0.5, 0.6) is 5.75 Å². The zero-order valence-corrected chi connectivity index (χ0v) is 11.7. The molecule has 19 heavy (non-hydrogen) atoms. The topological polar surface area (TPSA) is 56.1 Å². The van der Waals surface area contributed by atoms with Crippen LogP contribution in [0.3, 0.4) is 0 Å². The van der Waals surface area contributed by atoms with Crippen LogP contribution in [0.15, 0.2) is 24.4 Å². The van der Waals surface area contributed by atoms with Gasteiger partial charge in [0.1, 0.15) is 5.75 Å². The number of halogens is 1. The van der Waals surface area contributed by atoms with Crippen LogP contribution in [-0.2, 0) is 7.05 Å². The van der Waals surface area contributed by atoms with Crippen LogP contribution in [0.2, 0.25) is 5.02 Å². The number of carbonyl (C=O) groups excluding carboxylic acids is 1. The Bertz CT molecular complexity index is 622. The highest BCUT2D eigenvalue weighted by Crippen LogP contribution is 2.27. The number of carbonyl (C=O) groups is 1. The largest absolute Gasteiger partial charge is 0.495 e. The maximum absolute atomic E-state index is 12.1. The standard InChI is InChI=1S/C13H14ClN3O2/c1-8-10(7-17(2)16-8)13(18)15-9-4-5-12(19-3)11(14)6-9/h4-7H,1-3H3,(H,15,18). The molecule has 0 unspecified atom stereocenters. The monoisotopic (exact) mass is 279 g/mol. The van der Waals surface area contributed by atoms with Crippen molar-refractivity contribution in [2.45, 2.75) is 6.92 Å². The molecule has 1 N–H and O–H groups in total. The number of hydrogen-bond acceptors (Lipinski definition) is 3. The highest BCUT2D eigenvalue weighted by Gasteiger charge is 2.13. The molecule has 2 aromatic rings. The first-order chi connectivity index (χ1) is 9.01. The van der Waals surface area contributed by atoms with Crippen LogP contribution in [0.1, 0.15) is 16.1 Å². The number of nitrogens with zero attached hydrogens (tertiary/aromatic N) is 2. The van der Waals surface area contributed by atoms with Gasteiger partial charge in [-0.05, 0) is 25.1 Å². The number of benzene rings is 1. The van der Waals surface area contributed by atoms with Crippen LogP contribution in [-0.4, -0.2) is 22.8 Å². The molecule has 0 bridgehead atoms. The van der Waals surface area contributed by atoms with Gasteiger partial charge in [0.05, 0.1) is 23.4 Å². The summed E-state index contributed by atoms with van der Waals surface area (Å²) in [5.74, 6) is 0.351. The third kappa shape index (κ3) is 2.88. The Hall–Kier alpha value is -2.01. The van der Waals surface area contributed by atoms with Gasteiger partial charge in [-0.3, -0.25) is 9.48 Å². The van der Waals surface area contributed by atoms with Crippen molar-refractivity contribution >= 4 is 23.2 Å². The van der Waals surface area contributed by atoms with E-state index < -0.39 is 0 Å². The Morgan fingerprint density at radius 3 is 2.74 bits per heavy atom. The highest BCUT2D eigenvalue weighted by molar-refractivity contribution is 6.32.